The number of hydrogen-bond acceptors (Lipinski definition) is 4. The second-order valence-corrected chi connectivity index (χ2v) is 5.90. The maximum atomic E-state index is 13.5. The van der Waals surface area contributed by atoms with Crippen LogP contribution in [0.2, 0.25) is 0 Å². The summed E-state index contributed by atoms with van der Waals surface area (Å²) in [5.74, 6) is -0.762. The summed E-state index contributed by atoms with van der Waals surface area (Å²) in [7, 11) is 1.73. The van der Waals surface area contributed by atoms with E-state index in [2.05, 4.69) is 37.0 Å². The summed E-state index contributed by atoms with van der Waals surface area (Å²) in [6.07, 6.45) is 0. The van der Waals surface area contributed by atoms with Crippen molar-refractivity contribution in [3.8, 4) is 5.75 Å². The van der Waals surface area contributed by atoms with Crippen LogP contribution in [0.1, 0.15) is 11.4 Å². The van der Waals surface area contributed by atoms with E-state index in [1.165, 1.54) is 0 Å². The van der Waals surface area contributed by atoms with Gasteiger partial charge in [-0.25, -0.2) is 4.39 Å². The largest absolute Gasteiger partial charge is 0.480 e. The van der Waals surface area contributed by atoms with E-state index in [1.54, 1.807) is 11.7 Å². The van der Waals surface area contributed by atoms with Crippen LogP contribution in [0.4, 0.5) is 10.1 Å². The molecule has 6 nitrogen and oxygen atoms in total. The smallest absolute Gasteiger partial charge is 0.312 e. The molecule has 0 fully saturated rings. The highest BCUT2D eigenvalue weighted by Crippen LogP contribution is 2.33. The van der Waals surface area contributed by atoms with Gasteiger partial charge in [-0.3, -0.25) is 14.8 Å². The summed E-state index contributed by atoms with van der Waals surface area (Å²) < 4.78 is 21.3. The molecule has 21 heavy (non-hydrogen) atoms. The molecule has 0 bridgehead atoms. The second-order valence-electron chi connectivity index (χ2n) is 4.25. The van der Waals surface area contributed by atoms with Crippen LogP contribution >= 0.6 is 31.9 Å². The highest BCUT2D eigenvalue weighted by molar-refractivity contribution is 9.10. The van der Waals surface area contributed by atoms with Crippen molar-refractivity contribution in [3.05, 3.63) is 48.4 Å². The maximum Gasteiger partial charge on any atom is 0.312 e. The molecule has 1 aromatic heterocycles. The lowest BCUT2D eigenvalue weighted by atomic mass is 10.3. The topological polar surface area (TPSA) is 70.2 Å². The average molecular weight is 423 g/mol. The fraction of sp³-hybridized carbons (Fsp3) is 0.250. The number of aryl methyl sites for hydroxylation is 2. The molecule has 0 aliphatic heterocycles. The highest BCUT2D eigenvalue weighted by Gasteiger charge is 2.20. The number of nitrogens with zero attached hydrogens (tertiary/aromatic N) is 3. The summed E-state index contributed by atoms with van der Waals surface area (Å²) >= 11 is 6.28. The Hall–Kier alpha value is -1.48. The van der Waals surface area contributed by atoms with Gasteiger partial charge in [0.15, 0.2) is 0 Å². The Balaban J connectivity index is 2.31. The normalized spacial score (nSPS) is 10.7. The van der Waals surface area contributed by atoms with Crippen molar-refractivity contribution in [3.63, 3.8) is 0 Å². The molecule has 0 atom stereocenters. The lowest BCUT2D eigenvalue weighted by Crippen LogP contribution is -2.05. The Morgan fingerprint density at radius 3 is 2.67 bits per heavy atom. The van der Waals surface area contributed by atoms with Gasteiger partial charge in [0.25, 0.3) is 0 Å². The number of rotatable bonds is 4. The van der Waals surface area contributed by atoms with Crippen LogP contribution < -0.4 is 4.74 Å². The minimum atomic E-state index is -0.629. The van der Waals surface area contributed by atoms with Gasteiger partial charge < -0.3 is 4.74 Å². The van der Waals surface area contributed by atoms with Crippen molar-refractivity contribution < 1.29 is 14.1 Å². The zero-order valence-corrected chi connectivity index (χ0v) is 14.2. The molecule has 9 heteroatoms. The van der Waals surface area contributed by atoms with E-state index in [-0.39, 0.29) is 22.5 Å². The van der Waals surface area contributed by atoms with E-state index in [1.807, 2.05) is 6.92 Å². The molecule has 2 rings (SSSR count). The summed E-state index contributed by atoms with van der Waals surface area (Å²) in [6, 6.07) is 2.06. The van der Waals surface area contributed by atoms with Crippen molar-refractivity contribution >= 4 is 37.5 Å². The number of aromatic nitrogens is 2. The average Bonchev–Trinajstić information content (AvgIpc) is 2.64. The first kappa shape index (κ1) is 15.9. The van der Waals surface area contributed by atoms with E-state index in [4.69, 9.17) is 4.74 Å². The van der Waals surface area contributed by atoms with Crippen molar-refractivity contribution in [2.24, 2.45) is 7.05 Å². The van der Waals surface area contributed by atoms with E-state index in [0.29, 0.717) is 5.69 Å². The highest BCUT2D eigenvalue weighted by atomic mass is 79.9. The molecule has 1 heterocycles. The monoisotopic (exact) mass is 421 g/mol. The lowest BCUT2D eigenvalue weighted by Gasteiger charge is -2.08. The second kappa shape index (κ2) is 6.10. The number of halogens is 3. The first-order valence-electron chi connectivity index (χ1n) is 5.75. The van der Waals surface area contributed by atoms with E-state index >= 15 is 0 Å². The Labute approximate surface area is 136 Å². The van der Waals surface area contributed by atoms with E-state index < -0.39 is 10.7 Å². The molecule has 0 N–H and O–H groups in total. The van der Waals surface area contributed by atoms with Gasteiger partial charge in [0.1, 0.15) is 12.4 Å². The molecule has 2 aromatic rings. The Kier molecular flexibility index (Phi) is 4.62. The van der Waals surface area contributed by atoms with Crippen molar-refractivity contribution in [1.82, 2.24) is 9.78 Å². The molecule has 0 amide bonds. The van der Waals surface area contributed by atoms with Crippen molar-refractivity contribution in [1.29, 1.82) is 0 Å². The van der Waals surface area contributed by atoms with Crippen LogP contribution in [0.5, 0.6) is 5.75 Å². The van der Waals surface area contributed by atoms with Gasteiger partial charge >= 0.3 is 5.69 Å². The first-order valence-corrected chi connectivity index (χ1v) is 7.34. The fourth-order valence-corrected chi connectivity index (χ4v) is 2.54. The predicted octanol–water partition coefficient (Wildman–Crippen LogP) is 3.88. The number of ether oxygens (including phenoxy) is 1. The van der Waals surface area contributed by atoms with Crippen LogP contribution in [0.25, 0.3) is 0 Å². The summed E-state index contributed by atoms with van der Waals surface area (Å²) in [5.41, 5.74) is 1.16. The molecule has 0 saturated heterocycles. The van der Waals surface area contributed by atoms with Gasteiger partial charge in [0.05, 0.1) is 25.3 Å². The lowest BCUT2D eigenvalue weighted by molar-refractivity contribution is -0.386. The minimum absolute atomic E-state index is 0.0131. The molecule has 0 aliphatic rings. The van der Waals surface area contributed by atoms with Crippen LogP contribution in [0.3, 0.4) is 0 Å². The third kappa shape index (κ3) is 3.24. The Morgan fingerprint density at radius 2 is 2.14 bits per heavy atom. The Morgan fingerprint density at radius 1 is 1.48 bits per heavy atom. The number of nitro groups is 1. The molecule has 0 unspecified atom stereocenters. The standard InChI is InChI=1S/C12H10Br2FN3O3/c1-6-12(14)10(17(2)16-6)5-21-11-4-8(15)7(13)3-9(11)18(19)20/h3-4H,5H2,1-2H3. The van der Waals surface area contributed by atoms with Crippen LogP contribution in [0.15, 0.2) is 21.1 Å². The summed E-state index contributed by atoms with van der Waals surface area (Å²) in [6.45, 7) is 1.84. The third-order valence-electron chi connectivity index (χ3n) is 2.82. The first-order chi connectivity index (χ1) is 9.81. The maximum absolute atomic E-state index is 13.5. The molecule has 0 aliphatic carbocycles. The van der Waals surface area contributed by atoms with Gasteiger partial charge in [0.2, 0.25) is 5.75 Å². The number of hydrogen-bond donors (Lipinski definition) is 0. The van der Waals surface area contributed by atoms with Gasteiger partial charge in [-0.1, -0.05) is 0 Å². The SMILES string of the molecule is Cc1nn(C)c(COc2cc(F)c(Br)cc2[N+](=O)[O-])c1Br. The number of nitro benzene ring substituents is 1. The molecule has 1 aromatic carbocycles. The molecule has 0 radical (unpaired) electrons. The van der Waals surface area contributed by atoms with E-state index in [0.717, 1.165) is 22.3 Å². The van der Waals surface area contributed by atoms with Crippen LogP contribution in [-0.4, -0.2) is 14.7 Å². The Bertz CT molecular complexity index is 718. The van der Waals surface area contributed by atoms with Crippen LogP contribution in [0, 0.1) is 22.9 Å². The molecule has 0 saturated carbocycles. The van der Waals surface area contributed by atoms with Crippen molar-refractivity contribution in [2.75, 3.05) is 0 Å². The molecule has 112 valence electrons. The predicted molar refractivity (Wildman–Crippen MR) is 80.7 cm³/mol. The van der Waals surface area contributed by atoms with Gasteiger partial charge in [-0.05, 0) is 38.8 Å². The van der Waals surface area contributed by atoms with Crippen molar-refractivity contribution in [2.45, 2.75) is 13.5 Å². The third-order valence-corrected chi connectivity index (χ3v) is 4.46. The van der Waals surface area contributed by atoms with E-state index in [9.17, 15) is 14.5 Å². The molecular weight excluding hydrogens is 413 g/mol. The number of benzene rings is 1. The van der Waals surface area contributed by atoms with Gasteiger partial charge in [0, 0.05) is 19.2 Å². The molecular formula is C12H10Br2FN3O3. The van der Waals surface area contributed by atoms with Gasteiger partial charge in [-0.2, -0.15) is 5.10 Å². The summed E-state index contributed by atoms with van der Waals surface area (Å²) in [4.78, 5) is 10.4. The summed E-state index contributed by atoms with van der Waals surface area (Å²) in [5, 5.41) is 15.2. The fourth-order valence-electron chi connectivity index (χ4n) is 1.76. The molecule has 0 spiro atoms. The quantitative estimate of drug-likeness (QED) is 0.553. The van der Waals surface area contributed by atoms with Crippen LogP contribution in [-0.2, 0) is 13.7 Å². The van der Waals surface area contributed by atoms with Gasteiger partial charge in [-0.15, -0.1) is 0 Å². The zero-order valence-electron chi connectivity index (χ0n) is 11.1. The zero-order chi connectivity index (χ0) is 15.7. The minimum Gasteiger partial charge on any atom is -0.480 e.